The molecule has 1 aliphatic heterocycles. The van der Waals surface area contributed by atoms with E-state index in [2.05, 4.69) is 49.2 Å². The summed E-state index contributed by atoms with van der Waals surface area (Å²) >= 11 is 0. The maximum absolute atomic E-state index is 13.7. The number of aliphatic hydroxyl groups is 1. The smallest absolute Gasteiger partial charge is 0.320 e. The van der Waals surface area contributed by atoms with Gasteiger partial charge in [0.05, 0.1) is 23.1 Å². The van der Waals surface area contributed by atoms with Crippen LogP contribution in [0.3, 0.4) is 0 Å². The number of nitrogens with zero attached hydrogens (tertiary/aromatic N) is 3. The number of rotatable bonds is 8. The predicted octanol–water partition coefficient (Wildman–Crippen LogP) is 3.31. The largest absolute Gasteiger partial charge is 0.388 e. The highest BCUT2D eigenvalue weighted by molar-refractivity contribution is 5.83. The van der Waals surface area contributed by atoms with Gasteiger partial charge in [-0.2, -0.15) is 0 Å². The Morgan fingerprint density at radius 3 is 2.24 bits per heavy atom. The van der Waals surface area contributed by atoms with Crippen LogP contribution >= 0.6 is 0 Å². The number of β-amino-alcohol motifs (C(OH)–C–C–N with tert-alkyl or cyclic N) is 1. The molecular weight excluding hydrogens is 428 g/mol. The summed E-state index contributed by atoms with van der Waals surface area (Å²) in [5, 5.41) is 11.0. The summed E-state index contributed by atoms with van der Waals surface area (Å²) in [6, 6.07) is 10.7. The average molecular weight is 471 g/mol. The third kappa shape index (κ3) is 4.22. The Morgan fingerprint density at radius 2 is 1.74 bits per heavy atom. The summed E-state index contributed by atoms with van der Waals surface area (Å²) in [4.78, 5) is 31.9. The van der Waals surface area contributed by atoms with E-state index in [1.54, 1.807) is 13.8 Å². The SMILES string of the molecule is CCN(C)C1(c2ccccc2)CCC2(CC1)CN(CC(C)(C)C(N)=O)C(=O)N2CC1(O)CCC1. The summed E-state index contributed by atoms with van der Waals surface area (Å²) in [5.41, 5.74) is 4.99. The lowest BCUT2D eigenvalue weighted by atomic mass is 9.67. The quantitative estimate of drug-likeness (QED) is 0.610. The molecule has 188 valence electrons. The Morgan fingerprint density at radius 1 is 1.12 bits per heavy atom. The first-order valence-electron chi connectivity index (χ1n) is 12.8. The standard InChI is InChI=1S/C27H42N4O3/c1-5-29(4)27(21-10-7-6-8-11-21)16-14-25(15-17-27)19-30(18-24(2,3)22(28)32)23(33)31(25)20-26(34)12-9-13-26/h6-8,10-11,34H,5,9,12-20H2,1-4H3,(H2,28,32). The highest BCUT2D eigenvalue weighted by Gasteiger charge is 2.57. The fraction of sp³-hybridized carbons (Fsp3) is 0.704. The zero-order valence-electron chi connectivity index (χ0n) is 21.3. The van der Waals surface area contributed by atoms with Gasteiger partial charge in [-0.1, -0.05) is 37.3 Å². The molecular formula is C27H42N4O3. The Hall–Kier alpha value is -2.12. The van der Waals surface area contributed by atoms with Crippen molar-refractivity contribution in [1.29, 1.82) is 0 Å². The van der Waals surface area contributed by atoms with Crippen LogP contribution in [-0.2, 0) is 10.3 Å². The van der Waals surface area contributed by atoms with Gasteiger partial charge in [-0.05, 0) is 77.9 Å². The van der Waals surface area contributed by atoms with Crippen molar-refractivity contribution in [1.82, 2.24) is 14.7 Å². The van der Waals surface area contributed by atoms with Crippen molar-refractivity contribution in [2.24, 2.45) is 11.1 Å². The number of nitrogens with two attached hydrogens (primary N) is 1. The number of carbonyl (C=O) groups excluding carboxylic acids is 2. The molecule has 4 rings (SSSR count). The first kappa shape index (κ1) is 25.0. The van der Waals surface area contributed by atoms with Crippen LogP contribution in [0.4, 0.5) is 4.79 Å². The lowest BCUT2D eigenvalue weighted by Crippen LogP contribution is -2.59. The van der Waals surface area contributed by atoms with E-state index < -0.39 is 16.9 Å². The van der Waals surface area contributed by atoms with Gasteiger partial charge < -0.3 is 20.6 Å². The van der Waals surface area contributed by atoms with Crippen LogP contribution < -0.4 is 5.73 Å². The molecule has 34 heavy (non-hydrogen) atoms. The summed E-state index contributed by atoms with van der Waals surface area (Å²) in [6.45, 7) is 8.00. The molecule has 0 atom stereocenters. The third-order valence-electron chi connectivity index (χ3n) is 9.07. The van der Waals surface area contributed by atoms with Gasteiger partial charge in [0.25, 0.3) is 0 Å². The minimum atomic E-state index is -0.800. The van der Waals surface area contributed by atoms with Crippen LogP contribution in [0.5, 0.6) is 0 Å². The topological polar surface area (TPSA) is 90.1 Å². The molecule has 1 aromatic rings. The van der Waals surface area contributed by atoms with Crippen LogP contribution in [0.15, 0.2) is 30.3 Å². The zero-order chi connectivity index (χ0) is 24.8. The van der Waals surface area contributed by atoms with E-state index in [0.29, 0.717) is 19.6 Å². The normalized spacial score (nSPS) is 29.1. The summed E-state index contributed by atoms with van der Waals surface area (Å²) in [6.07, 6.45) is 6.09. The van der Waals surface area contributed by atoms with Crippen molar-refractivity contribution < 1.29 is 14.7 Å². The number of primary amides is 1. The molecule has 1 aromatic carbocycles. The van der Waals surface area contributed by atoms with Crippen LogP contribution in [0.2, 0.25) is 0 Å². The van der Waals surface area contributed by atoms with Crippen molar-refractivity contribution in [2.75, 3.05) is 33.2 Å². The number of hydrogen-bond acceptors (Lipinski definition) is 4. The van der Waals surface area contributed by atoms with E-state index in [1.807, 2.05) is 9.80 Å². The molecule has 0 bridgehead atoms. The van der Waals surface area contributed by atoms with Gasteiger partial charge in [-0.15, -0.1) is 0 Å². The van der Waals surface area contributed by atoms with Gasteiger partial charge in [-0.3, -0.25) is 9.69 Å². The predicted molar refractivity (Wildman–Crippen MR) is 133 cm³/mol. The third-order valence-corrected chi connectivity index (χ3v) is 9.07. The van der Waals surface area contributed by atoms with Crippen molar-refractivity contribution in [3.8, 4) is 0 Å². The van der Waals surface area contributed by atoms with Crippen LogP contribution in [-0.4, -0.2) is 76.1 Å². The second-order valence-corrected chi connectivity index (χ2v) is 11.7. The molecule has 3 N–H and O–H groups in total. The van der Waals surface area contributed by atoms with Crippen molar-refractivity contribution in [3.05, 3.63) is 35.9 Å². The lowest BCUT2D eigenvalue weighted by Gasteiger charge is -2.53. The highest BCUT2D eigenvalue weighted by atomic mass is 16.3. The number of hydrogen-bond donors (Lipinski definition) is 2. The van der Waals surface area contributed by atoms with E-state index in [-0.39, 0.29) is 17.1 Å². The second-order valence-electron chi connectivity index (χ2n) is 11.7. The molecule has 1 heterocycles. The van der Waals surface area contributed by atoms with Gasteiger partial charge in [0.15, 0.2) is 0 Å². The minimum absolute atomic E-state index is 0.0642. The molecule has 2 saturated carbocycles. The highest BCUT2D eigenvalue weighted by Crippen LogP contribution is 2.50. The van der Waals surface area contributed by atoms with Gasteiger partial charge >= 0.3 is 6.03 Å². The molecule has 3 amide bonds. The van der Waals surface area contributed by atoms with Crippen molar-refractivity contribution in [2.45, 2.75) is 82.4 Å². The average Bonchev–Trinajstić information content (AvgIpc) is 3.03. The molecule has 0 aromatic heterocycles. The van der Waals surface area contributed by atoms with Gasteiger partial charge in [0, 0.05) is 18.6 Å². The fourth-order valence-electron chi connectivity index (χ4n) is 6.33. The maximum Gasteiger partial charge on any atom is 0.320 e. The van der Waals surface area contributed by atoms with Crippen LogP contribution in [0.25, 0.3) is 0 Å². The minimum Gasteiger partial charge on any atom is -0.388 e. The first-order valence-corrected chi connectivity index (χ1v) is 12.8. The molecule has 7 heteroatoms. The number of carbonyl (C=O) groups is 2. The Labute approximate surface area is 204 Å². The second kappa shape index (κ2) is 8.83. The van der Waals surface area contributed by atoms with Gasteiger partial charge in [0.1, 0.15) is 0 Å². The summed E-state index contributed by atoms with van der Waals surface area (Å²) < 4.78 is 0. The molecule has 3 fully saturated rings. The Bertz CT molecular complexity index is 904. The van der Waals surface area contributed by atoms with Crippen molar-refractivity contribution in [3.63, 3.8) is 0 Å². The molecule has 0 unspecified atom stereocenters. The van der Waals surface area contributed by atoms with Crippen LogP contribution in [0, 0.1) is 5.41 Å². The van der Waals surface area contributed by atoms with Gasteiger partial charge in [0.2, 0.25) is 5.91 Å². The van der Waals surface area contributed by atoms with Crippen molar-refractivity contribution >= 4 is 11.9 Å². The number of amides is 3. The molecule has 2 aliphatic carbocycles. The lowest BCUT2D eigenvalue weighted by molar-refractivity contribution is -0.126. The maximum atomic E-state index is 13.7. The molecule has 7 nitrogen and oxygen atoms in total. The van der Waals surface area contributed by atoms with E-state index >= 15 is 0 Å². The zero-order valence-corrected chi connectivity index (χ0v) is 21.3. The molecule has 3 aliphatic rings. The van der Waals surface area contributed by atoms with Crippen LogP contribution in [0.1, 0.15) is 71.3 Å². The van der Waals surface area contributed by atoms with E-state index in [4.69, 9.17) is 5.73 Å². The summed E-state index contributed by atoms with van der Waals surface area (Å²) in [7, 11) is 2.20. The molecule has 1 saturated heterocycles. The Kier molecular flexibility index (Phi) is 6.49. The fourth-order valence-corrected chi connectivity index (χ4v) is 6.33. The Balaban J connectivity index is 1.63. The monoisotopic (exact) mass is 470 g/mol. The number of benzene rings is 1. The first-order chi connectivity index (χ1) is 16.0. The van der Waals surface area contributed by atoms with E-state index in [0.717, 1.165) is 51.5 Å². The molecule has 1 spiro atoms. The van der Waals surface area contributed by atoms with E-state index in [9.17, 15) is 14.7 Å². The molecule has 0 radical (unpaired) electrons. The van der Waals surface area contributed by atoms with Gasteiger partial charge in [-0.25, -0.2) is 4.79 Å². The van der Waals surface area contributed by atoms with E-state index in [1.165, 1.54) is 5.56 Å². The summed E-state index contributed by atoms with van der Waals surface area (Å²) in [5.74, 6) is -0.401. The number of urea groups is 1.